The van der Waals surface area contributed by atoms with Crippen molar-refractivity contribution in [3.63, 3.8) is 0 Å². The molecular formula is C26H37BrO5Si. The van der Waals surface area contributed by atoms with E-state index >= 15 is 0 Å². The van der Waals surface area contributed by atoms with Crippen molar-refractivity contribution in [2.75, 3.05) is 0 Å². The van der Waals surface area contributed by atoms with Crippen molar-refractivity contribution in [1.29, 1.82) is 0 Å². The lowest BCUT2D eigenvalue weighted by atomic mass is 9.49. The van der Waals surface area contributed by atoms with Crippen molar-refractivity contribution in [3.05, 3.63) is 34.3 Å². The predicted molar refractivity (Wildman–Crippen MR) is 133 cm³/mol. The van der Waals surface area contributed by atoms with Gasteiger partial charge in [0.25, 0.3) is 0 Å². The van der Waals surface area contributed by atoms with Gasteiger partial charge in [0.1, 0.15) is 17.6 Å². The van der Waals surface area contributed by atoms with Gasteiger partial charge in [-0.3, -0.25) is 4.79 Å². The maximum Gasteiger partial charge on any atom is 0.338 e. The summed E-state index contributed by atoms with van der Waals surface area (Å²) in [5.41, 5.74) is -0.594. The number of esters is 2. The van der Waals surface area contributed by atoms with E-state index in [0.29, 0.717) is 18.4 Å². The summed E-state index contributed by atoms with van der Waals surface area (Å²) in [5.74, 6) is -0.823. The van der Waals surface area contributed by atoms with E-state index in [0.717, 1.165) is 17.3 Å². The van der Waals surface area contributed by atoms with E-state index < -0.39 is 31.4 Å². The van der Waals surface area contributed by atoms with Crippen LogP contribution in [0.5, 0.6) is 0 Å². The molecule has 0 radical (unpaired) electrons. The molecule has 4 rings (SSSR count). The highest BCUT2D eigenvalue weighted by Crippen LogP contribution is 2.66. The Morgan fingerprint density at radius 1 is 1.15 bits per heavy atom. The number of ether oxygens (including phenoxy) is 2. The minimum absolute atomic E-state index is 0.0720. The molecular weight excluding hydrogens is 500 g/mol. The highest BCUT2D eigenvalue weighted by molar-refractivity contribution is 9.10. The molecule has 33 heavy (non-hydrogen) atoms. The average Bonchev–Trinajstić information content (AvgIpc) is 2.85. The number of benzene rings is 1. The van der Waals surface area contributed by atoms with E-state index in [-0.39, 0.29) is 29.0 Å². The van der Waals surface area contributed by atoms with Gasteiger partial charge in [0.2, 0.25) is 0 Å². The minimum Gasteiger partial charge on any atom is -0.458 e. The number of halogens is 1. The van der Waals surface area contributed by atoms with E-state index in [1.807, 2.05) is 12.1 Å². The van der Waals surface area contributed by atoms with Crippen LogP contribution in [0.2, 0.25) is 18.1 Å². The Balaban J connectivity index is 1.64. The summed E-state index contributed by atoms with van der Waals surface area (Å²) >= 11 is 3.39. The first-order valence-corrected chi connectivity index (χ1v) is 15.8. The Morgan fingerprint density at radius 2 is 1.79 bits per heavy atom. The van der Waals surface area contributed by atoms with Gasteiger partial charge in [0.05, 0.1) is 11.7 Å². The molecule has 3 aliphatic rings. The van der Waals surface area contributed by atoms with Gasteiger partial charge < -0.3 is 13.9 Å². The Morgan fingerprint density at radius 3 is 2.39 bits per heavy atom. The molecule has 0 amide bonds. The van der Waals surface area contributed by atoms with Gasteiger partial charge in [-0.15, -0.1) is 0 Å². The van der Waals surface area contributed by atoms with E-state index in [1.54, 1.807) is 12.1 Å². The zero-order valence-corrected chi connectivity index (χ0v) is 23.5. The van der Waals surface area contributed by atoms with Gasteiger partial charge in [0, 0.05) is 9.89 Å². The average molecular weight is 538 g/mol. The first kappa shape index (κ1) is 24.9. The summed E-state index contributed by atoms with van der Waals surface area (Å²) in [5, 5.41) is 0.0720. The number of carbonyl (C=O) groups excluding carboxylic acids is 2. The van der Waals surface area contributed by atoms with Crippen LogP contribution in [-0.4, -0.2) is 38.1 Å². The van der Waals surface area contributed by atoms with Crippen LogP contribution in [0.3, 0.4) is 0 Å². The molecule has 2 saturated carbocycles. The SMILES string of the molecule is C[C@H]1CC[C@@H](O[Si](C)(C)C(C)(C)C)[C@]23CC[C@H](OC(=O)c4ccc(Br)cc4)[C@H](C(=O)O2)[C@]13C. The summed E-state index contributed by atoms with van der Waals surface area (Å²) < 4.78 is 20.1. The highest BCUT2D eigenvalue weighted by atomic mass is 79.9. The lowest BCUT2D eigenvalue weighted by Gasteiger charge is -2.59. The quantitative estimate of drug-likeness (QED) is 0.324. The van der Waals surface area contributed by atoms with E-state index in [4.69, 9.17) is 13.9 Å². The summed E-state index contributed by atoms with van der Waals surface area (Å²) in [6.45, 7) is 15.6. The molecule has 7 heteroatoms. The molecule has 2 aliphatic carbocycles. The third-order valence-corrected chi connectivity index (χ3v) is 14.3. The first-order chi connectivity index (χ1) is 15.2. The second-order valence-corrected chi connectivity index (χ2v) is 17.6. The van der Waals surface area contributed by atoms with Gasteiger partial charge in [0.15, 0.2) is 8.32 Å². The van der Waals surface area contributed by atoms with E-state index in [9.17, 15) is 9.59 Å². The minimum atomic E-state index is -2.06. The molecule has 0 spiro atoms. The second kappa shape index (κ2) is 8.20. The van der Waals surface area contributed by atoms with Crippen LogP contribution in [0.15, 0.2) is 28.7 Å². The van der Waals surface area contributed by atoms with Crippen LogP contribution in [-0.2, 0) is 18.7 Å². The van der Waals surface area contributed by atoms with Crippen LogP contribution < -0.4 is 0 Å². The van der Waals surface area contributed by atoms with Gasteiger partial charge in [-0.05, 0) is 74.0 Å². The molecule has 0 unspecified atom stereocenters. The number of hydrogen-bond acceptors (Lipinski definition) is 5. The van der Waals surface area contributed by atoms with Crippen molar-refractivity contribution in [2.24, 2.45) is 17.3 Å². The fourth-order valence-corrected chi connectivity index (χ4v) is 7.72. The third-order valence-electron chi connectivity index (χ3n) is 9.25. The van der Waals surface area contributed by atoms with E-state index in [1.165, 1.54) is 0 Å². The van der Waals surface area contributed by atoms with E-state index in [2.05, 4.69) is 63.6 Å². The van der Waals surface area contributed by atoms with Crippen molar-refractivity contribution in [1.82, 2.24) is 0 Å². The van der Waals surface area contributed by atoms with Gasteiger partial charge in [-0.1, -0.05) is 50.5 Å². The lowest BCUT2D eigenvalue weighted by molar-refractivity contribution is -0.201. The molecule has 1 heterocycles. The summed E-state index contributed by atoms with van der Waals surface area (Å²) in [6.07, 6.45) is 2.54. The summed E-state index contributed by atoms with van der Waals surface area (Å²) in [6, 6.07) is 7.11. The summed E-state index contributed by atoms with van der Waals surface area (Å²) in [7, 11) is -2.06. The zero-order chi connectivity index (χ0) is 24.4. The molecule has 6 atom stereocenters. The molecule has 2 bridgehead atoms. The molecule has 1 aromatic carbocycles. The van der Waals surface area contributed by atoms with Crippen LogP contribution in [0, 0.1) is 17.3 Å². The molecule has 0 N–H and O–H groups in total. The van der Waals surface area contributed by atoms with Crippen LogP contribution in [0.1, 0.15) is 70.7 Å². The standard InChI is InChI=1S/C26H37BrO5Si/c1-16-8-13-20(32-33(6,7)24(2,3)4)26-15-14-19(21(23(29)31-26)25(16,26)5)30-22(28)17-9-11-18(27)12-10-17/h9-12,16,19-21H,8,13-15H2,1-7H3/t16-,19-,20+,21+,25-,26-/m0/s1. The van der Waals surface area contributed by atoms with Gasteiger partial charge in [-0.25, -0.2) is 4.79 Å². The first-order valence-electron chi connectivity index (χ1n) is 12.1. The van der Waals surface area contributed by atoms with Crippen molar-refractivity contribution < 1.29 is 23.5 Å². The fraction of sp³-hybridized carbons (Fsp3) is 0.692. The Kier molecular flexibility index (Phi) is 6.19. The van der Waals surface area contributed by atoms with Crippen LogP contribution in [0.4, 0.5) is 0 Å². The Hall–Kier alpha value is -1.18. The number of carbonyl (C=O) groups is 2. The van der Waals surface area contributed by atoms with Crippen LogP contribution in [0.25, 0.3) is 0 Å². The Bertz CT molecular complexity index is 939. The maximum atomic E-state index is 13.4. The fourth-order valence-electron chi connectivity index (χ4n) is 6.08. The summed E-state index contributed by atoms with van der Waals surface area (Å²) in [4.78, 5) is 26.3. The molecule has 1 saturated heterocycles. The predicted octanol–water partition coefficient (Wildman–Crippen LogP) is 6.51. The van der Waals surface area contributed by atoms with Gasteiger partial charge in [-0.2, -0.15) is 0 Å². The highest BCUT2D eigenvalue weighted by Gasteiger charge is 2.75. The molecule has 3 fully saturated rings. The third kappa shape index (κ3) is 3.82. The second-order valence-electron chi connectivity index (χ2n) is 11.9. The van der Waals surface area contributed by atoms with Crippen molar-refractivity contribution in [3.8, 4) is 0 Å². The maximum absolute atomic E-state index is 13.4. The monoisotopic (exact) mass is 536 g/mol. The smallest absolute Gasteiger partial charge is 0.338 e. The number of rotatable bonds is 4. The molecule has 1 aromatic rings. The molecule has 1 aliphatic heterocycles. The van der Waals surface area contributed by atoms with Crippen molar-refractivity contribution >= 4 is 36.2 Å². The van der Waals surface area contributed by atoms with Gasteiger partial charge >= 0.3 is 11.9 Å². The lowest BCUT2D eigenvalue weighted by Crippen LogP contribution is -2.66. The normalized spacial score (nSPS) is 36.2. The zero-order valence-electron chi connectivity index (χ0n) is 20.9. The molecule has 0 aromatic heterocycles. The number of hydrogen-bond donors (Lipinski definition) is 0. The largest absolute Gasteiger partial charge is 0.458 e. The molecule has 5 nitrogen and oxygen atoms in total. The Labute approximate surface area is 207 Å². The van der Waals surface area contributed by atoms with Crippen LogP contribution >= 0.6 is 15.9 Å². The van der Waals surface area contributed by atoms with Crippen molar-refractivity contribution in [2.45, 2.75) is 96.2 Å². The molecule has 182 valence electrons. The topological polar surface area (TPSA) is 61.8 Å².